The number of alkyl halides is 3. The molecule has 0 amide bonds. The van der Waals surface area contributed by atoms with E-state index in [4.69, 9.17) is 11.6 Å². The molecule has 0 bridgehead atoms. The molecule has 0 fully saturated rings. The van der Waals surface area contributed by atoms with Gasteiger partial charge in [-0.25, -0.2) is 4.98 Å². The molecular weight excluding hydrogens is 297 g/mol. The lowest BCUT2D eigenvalue weighted by Gasteiger charge is -2.19. The standard InChI is InChI=1S/C12H10ClF3N2S/c1-7(10-5-19-6-17-10)18-11-8(12(14,15)16)3-2-4-9(11)13/h2-7,18H,1H3. The molecule has 1 heterocycles. The monoisotopic (exact) mass is 306 g/mol. The van der Waals surface area contributed by atoms with Gasteiger partial charge >= 0.3 is 6.18 Å². The van der Waals surface area contributed by atoms with Gasteiger partial charge in [0, 0.05) is 5.38 Å². The first-order chi connectivity index (χ1) is 8.89. The molecular formula is C12H10ClF3N2S. The molecule has 1 aromatic heterocycles. The lowest BCUT2D eigenvalue weighted by atomic mass is 10.1. The van der Waals surface area contributed by atoms with Gasteiger partial charge in [-0.15, -0.1) is 11.3 Å². The fraction of sp³-hybridized carbons (Fsp3) is 0.250. The minimum Gasteiger partial charge on any atom is -0.375 e. The molecule has 7 heteroatoms. The normalized spacial score (nSPS) is 13.3. The van der Waals surface area contributed by atoms with E-state index in [0.717, 1.165) is 6.07 Å². The first-order valence-electron chi connectivity index (χ1n) is 5.40. The van der Waals surface area contributed by atoms with Gasteiger partial charge in [0.1, 0.15) is 0 Å². The van der Waals surface area contributed by atoms with Gasteiger partial charge in [0.2, 0.25) is 0 Å². The van der Waals surface area contributed by atoms with Crippen LogP contribution in [0.1, 0.15) is 24.2 Å². The third-order valence-corrected chi connectivity index (χ3v) is 3.49. The van der Waals surface area contributed by atoms with Crippen molar-refractivity contribution in [3.8, 4) is 0 Å². The van der Waals surface area contributed by atoms with Crippen LogP contribution in [0.5, 0.6) is 0 Å². The number of benzene rings is 1. The molecule has 0 spiro atoms. The Hall–Kier alpha value is -1.27. The van der Waals surface area contributed by atoms with Gasteiger partial charge in [0.05, 0.1) is 33.5 Å². The molecule has 1 aromatic carbocycles. The highest BCUT2D eigenvalue weighted by Gasteiger charge is 2.34. The van der Waals surface area contributed by atoms with Crippen LogP contribution in [0.15, 0.2) is 29.1 Å². The molecule has 1 unspecified atom stereocenters. The Kier molecular flexibility index (Phi) is 4.01. The van der Waals surface area contributed by atoms with Crippen molar-refractivity contribution >= 4 is 28.6 Å². The Morgan fingerprint density at radius 1 is 1.37 bits per heavy atom. The van der Waals surface area contributed by atoms with Gasteiger partial charge in [0.15, 0.2) is 0 Å². The number of nitrogens with zero attached hydrogens (tertiary/aromatic N) is 1. The molecule has 102 valence electrons. The lowest BCUT2D eigenvalue weighted by Crippen LogP contribution is -2.14. The Morgan fingerprint density at radius 3 is 2.68 bits per heavy atom. The molecule has 0 aliphatic carbocycles. The van der Waals surface area contributed by atoms with E-state index in [2.05, 4.69) is 10.3 Å². The summed E-state index contributed by atoms with van der Waals surface area (Å²) in [5.74, 6) is 0. The summed E-state index contributed by atoms with van der Waals surface area (Å²) in [5.41, 5.74) is 1.42. The number of thiazole rings is 1. The van der Waals surface area contributed by atoms with Crippen LogP contribution in [0.2, 0.25) is 5.02 Å². The maximum absolute atomic E-state index is 12.9. The summed E-state index contributed by atoms with van der Waals surface area (Å²) in [6.45, 7) is 1.73. The second-order valence-corrected chi connectivity index (χ2v) is 5.07. The van der Waals surface area contributed by atoms with Crippen molar-refractivity contribution in [2.75, 3.05) is 5.32 Å². The highest BCUT2D eigenvalue weighted by molar-refractivity contribution is 7.07. The van der Waals surface area contributed by atoms with Gasteiger partial charge in [-0.1, -0.05) is 17.7 Å². The van der Waals surface area contributed by atoms with Crippen molar-refractivity contribution in [3.05, 3.63) is 45.4 Å². The van der Waals surface area contributed by atoms with Gasteiger partial charge in [0.25, 0.3) is 0 Å². The quantitative estimate of drug-likeness (QED) is 0.864. The van der Waals surface area contributed by atoms with Gasteiger partial charge in [-0.05, 0) is 19.1 Å². The topological polar surface area (TPSA) is 24.9 Å². The molecule has 2 rings (SSSR count). The number of hydrogen-bond donors (Lipinski definition) is 1. The lowest BCUT2D eigenvalue weighted by molar-refractivity contribution is -0.137. The van der Waals surface area contributed by atoms with Crippen LogP contribution in [-0.4, -0.2) is 4.98 Å². The van der Waals surface area contributed by atoms with Gasteiger partial charge < -0.3 is 5.32 Å². The van der Waals surface area contributed by atoms with E-state index in [-0.39, 0.29) is 16.8 Å². The number of aromatic nitrogens is 1. The SMILES string of the molecule is CC(Nc1c(Cl)cccc1C(F)(F)F)c1cscn1. The van der Waals surface area contributed by atoms with E-state index >= 15 is 0 Å². The van der Waals surface area contributed by atoms with E-state index in [1.54, 1.807) is 17.8 Å². The zero-order chi connectivity index (χ0) is 14.0. The maximum Gasteiger partial charge on any atom is 0.418 e. The molecule has 2 nitrogen and oxygen atoms in total. The first-order valence-corrected chi connectivity index (χ1v) is 6.72. The summed E-state index contributed by atoms with van der Waals surface area (Å²) in [6, 6.07) is 3.35. The number of nitrogens with one attached hydrogen (secondary N) is 1. The minimum atomic E-state index is -4.45. The van der Waals surface area contributed by atoms with Crippen molar-refractivity contribution < 1.29 is 13.2 Å². The molecule has 19 heavy (non-hydrogen) atoms. The third kappa shape index (κ3) is 3.19. The molecule has 0 saturated heterocycles. The van der Waals surface area contributed by atoms with Crippen LogP contribution in [0, 0.1) is 0 Å². The Labute approximate surface area is 117 Å². The smallest absolute Gasteiger partial charge is 0.375 e. The minimum absolute atomic E-state index is 0.0388. The maximum atomic E-state index is 12.9. The van der Waals surface area contributed by atoms with Crippen molar-refractivity contribution in [1.82, 2.24) is 4.98 Å². The fourth-order valence-corrected chi connectivity index (χ4v) is 2.51. The third-order valence-electron chi connectivity index (χ3n) is 2.57. The summed E-state index contributed by atoms with van der Waals surface area (Å²) < 4.78 is 38.7. The zero-order valence-corrected chi connectivity index (χ0v) is 11.4. The number of hydrogen-bond acceptors (Lipinski definition) is 3. The van der Waals surface area contributed by atoms with Crippen molar-refractivity contribution in [2.24, 2.45) is 0 Å². The van der Waals surface area contributed by atoms with E-state index in [0.29, 0.717) is 5.69 Å². The summed E-state index contributed by atoms with van der Waals surface area (Å²) in [5, 5.41) is 4.60. The van der Waals surface area contributed by atoms with E-state index in [1.165, 1.54) is 23.5 Å². The molecule has 1 N–H and O–H groups in total. The number of anilines is 1. The summed E-state index contributed by atoms with van der Waals surface area (Å²) >= 11 is 7.25. The summed E-state index contributed by atoms with van der Waals surface area (Å²) in [7, 11) is 0. The number of halogens is 4. The predicted octanol–water partition coefficient (Wildman–Crippen LogP) is 4.99. The van der Waals surface area contributed by atoms with Crippen LogP contribution in [0.25, 0.3) is 0 Å². The predicted molar refractivity (Wildman–Crippen MR) is 70.6 cm³/mol. The van der Waals surface area contributed by atoms with E-state index < -0.39 is 11.7 Å². The van der Waals surface area contributed by atoms with Crippen LogP contribution in [0.4, 0.5) is 18.9 Å². The second kappa shape index (κ2) is 5.38. The zero-order valence-electron chi connectivity index (χ0n) is 9.83. The summed E-state index contributed by atoms with van der Waals surface area (Å²) in [4.78, 5) is 4.07. The molecule has 0 radical (unpaired) electrons. The Bertz CT molecular complexity index is 555. The van der Waals surface area contributed by atoms with Crippen molar-refractivity contribution in [2.45, 2.75) is 19.1 Å². The van der Waals surface area contributed by atoms with Crippen molar-refractivity contribution in [3.63, 3.8) is 0 Å². The fourth-order valence-electron chi connectivity index (χ4n) is 1.63. The highest BCUT2D eigenvalue weighted by Crippen LogP contribution is 2.39. The van der Waals surface area contributed by atoms with Crippen LogP contribution >= 0.6 is 22.9 Å². The average Bonchev–Trinajstić information content (AvgIpc) is 2.83. The van der Waals surface area contributed by atoms with E-state index in [1.807, 2.05) is 0 Å². The molecule has 0 aliphatic heterocycles. The number of para-hydroxylation sites is 1. The first kappa shape index (κ1) is 14.1. The van der Waals surface area contributed by atoms with Crippen LogP contribution in [-0.2, 0) is 6.18 Å². The number of rotatable bonds is 3. The van der Waals surface area contributed by atoms with Gasteiger partial charge in [-0.2, -0.15) is 13.2 Å². The Balaban J connectivity index is 2.34. The molecule has 0 aliphatic rings. The molecule has 2 aromatic rings. The molecule has 0 saturated carbocycles. The van der Waals surface area contributed by atoms with Crippen LogP contribution in [0.3, 0.4) is 0 Å². The molecule has 1 atom stereocenters. The average molecular weight is 307 g/mol. The second-order valence-electron chi connectivity index (χ2n) is 3.94. The Morgan fingerprint density at radius 2 is 2.11 bits per heavy atom. The van der Waals surface area contributed by atoms with Gasteiger partial charge in [-0.3, -0.25) is 0 Å². The highest BCUT2D eigenvalue weighted by atomic mass is 35.5. The summed E-state index contributed by atoms with van der Waals surface area (Å²) in [6.07, 6.45) is -4.45. The van der Waals surface area contributed by atoms with Crippen LogP contribution < -0.4 is 5.32 Å². The largest absolute Gasteiger partial charge is 0.418 e. The van der Waals surface area contributed by atoms with Crippen molar-refractivity contribution in [1.29, 1.82) is 0 Å². The van der Waals surface area contributed by atoms with E-state index in [9.17, 15) is 13.2 Å².